The first kappa shape index (κ1) is 30.0. The molecule has 0 spiro atoms. The van der Waals surface area contributed by atoms with Crippen LogP contribution in [0.15, 0.2) is 67.3 Å². The first-order chi connectivity index (χ1) is 21.3. The van der Waals surface area contributed by atoms with Gasteiger partial charge in [0, 0.05) is 53.5 Å². The van der Waals surface area contributed by atoms with Crippen LogP contribution in [-0.2, 0) is 21.4 Å². The molecule has 5 aromatic heterocycles. The number of amides is 1. The summed E-state index contributed by atoms with van der Waals surface area (Å²) >= 11 is 0. The third-order valence-corrected chi connectivity index (χ3v) is 7.73. The lowest BCUT2D eigenvalue weighted by Crippen LogP contribution is -2.21. The molecule has 1 amide bonds. The standard InChI is InChI=1S/C32H31FN8O3S/c1-32(2,3)13-28(42)38-23-10-20(15-34-17-23)21-11-26-29(40-41-31(26)36-16-21)27-12-25-24(5-6-35-30(25)39-27)19-7-18(8-22(33)9-19)14-37-45(4,43)44/h5-12,15-17,37H,13-14H2,1-4H3,(H,35,39)(H,38,42)(H,36,40,41). The molecule has 4 N–H and O–H groups in total. The summed E-state index contributed by atoms with van der Waals surface area (Å²) in [5, 5.41) is 11.9. The molecule has 6 aromatic rings. The lowest BCUT2D eigenvalue weighted by Gasteiger charge is -2.17. The maximum Gasteiger partial charge on any atom is 0.224 e. The lowest BCUT2D eigenvalue weighted by molar-refractivity contribution is -0.117. The number of H-pyrrole nitrogens is 2. The van der Waals surface area contributed by atoms with Crippen molar-refractivity contribution >= 4 is 43.7 Å². The van der Waals surface area contributed by atoms with Gasteiger partial charge in [0.2, 0.25) is 15.9 Å². The first-order valence-corrected chi connectivity index (χ1v) is 16.0. The van der Waals surface area contributed by atoms with Crippen molar-refractivity contribution < 1.29 is 17.6 Å². The number of benzene rings is 1. The Labute approximate surface area is 258 Å². The van der Waals surface area contributed by atoms with E-state index >= 15 is 0 Å². The van der Waals surface area contributed by atoms with Gasteiger partial charge in [0.15, 0.2) is 5.65 Å². The SMILES string of the molecule is CC(C)(C)CC(=O)Nc1cncc(-c2cnc3[nH]nc(-c4cc5c(-c6cc(F)cc(CNS(C)(=O)=O)c6)ccnc5[nH]4)c3c2)c1. The highest BCUT2D eigenvalue weighted by molar-refractivity contribution is 7.88. The number of aromatic amines is 2. The molecule has 230 valence electrons. The molecule has 0 aliphatic carbocycles. The highest BCUT2D eigenvalue weighted by Gasteiger charge is 2.18. The third kappa shape index (κ3) is 6.89. The van der Waals surface area contributed by atoms with E-state index in [1.807, 2.05) is 39.0 Å². The largest absolute Gasteiger partial charge is 0.338 e. The Morgan fingerprint density at radius 3 is 2.51 bits per heavy atom. The van der Waals surface area contributed by atoms with Gasteiger partial charge in [0.05, 0.1) is 23.8 Å². The quantitative estimate of drug-likeness (QED) is 0.166. The van der Waals surface area contributed by atoms with Crippen LogP contribution in [0.3, 0.4) is 0 Å². The van der Waals surface area contributed by atoms with Crippen molar-refractivity contribution in [1.29, 1.82) is 0 Å². The van der Waals surface area contributed by atoms with Crippen molar-refractivity contribution in [3.63, 3.8) is 0 Å². The van der Waals surface area contributed by atoms with E-state index in [0.717, 1.165) is 33.7 Å². The van der Waals surface area contributed by atoms with Gasteiger partial charge in [0.25, 0.3) is 0 Å². The number of rotatable bonds is 8. The number of aromatic nitrogens is 6. The molecule has 0 atom stereocenters. The topological polar surface area (TPSA) is 158 Å². The second-order valence-corrected chi connectivity index (χ2v) is 14.0. The molecule has 45 heavy (non-hydrogen) atoms. The number of anilines is 1. The second-order valence-electron chi connectivity index (χ2n) is 12.2. The Hall–Kier alpha value is -5.01. The Kier molecular flexibility index (Phi) is 7.67. The number of nitrogens with one attached hydrogen (secondary N) is 4. The Morgan fingerprint density at radius 1 is 0.933 bits per heavy atom. The van der Waals surface area contributed by atoms with E-state index in [0.29, 0.717) is 45.9 Å². The van der Waals surface area contributed by atoms with Crippen LogP contribution in [0.4, 0.5) is 10.1 Å². The molecular formula is C32H31FN8O3S. The van der Waals surface area contributed by atoms with E-state index in [9.17, 15) is 17.6 Å². The number of carbonyl (C=O) groups excluding carboxylic acids is 1. The number of hydrogen-bond acceptors (Lipinski definition) is 7. The minimum absolute atomic E-state index is 0.0352. The van der Waals surface area contributed by atoms with E-state index in [1.165, 1.54) is 12.1 Å². The Bertz CT molecular complexity index is 2180. The van der Waals surface area contributed by atoms with E-state index in [2.05, 4.69) is 40.2 Å². The fourth-order valence-electron chi connectivity index (χ4n) is 5.15. The van der Waals surface area contributed by atoms with E-state index < -0.39 is 15.8 Å². The van der Waals surface area contributed by atoms with Crippen LogP contribution >= 0.6 is 0 Å². The number of nitrogens with zero attached hydrogens (tertiary/aromatic N) is 4. The molecule has 0 radical (unpaired) electrons. The average Bonchev–Trinajstić information content (AvgIpc) is 3.58. The summed E-state index contributed by atoms with van der Waals surface area (Å²) in [6, 6.07) is 11.9. The van der Waals surface area contributed by atoms with Gasteiger partial charge in [-0.05, 0) is 64.6 Å². The summed E-state index contributed by atoms with van der Waals surface area (Å²) in [5.41, 5.74) is 6.24. The molecule has 0 aliphatic rings. The fourth-order valence-corrected chi connectivity index (χ4v) is 5.58. The number of pyridine rings is 3. The number of fused-ring (bicyclic) bond motifs is 2. The first-order valence-electron chi connectivity index (χ1n) is 14.1. The van der Waals surface area contributed by atoms with Gasteiger partial charge in [-0.1, -0.05) is 20.8 Å². The van der Waals surface area contributed by atoms with Gasteiger partial charge in [-0.25, -0.2) is 27.5 Å². The van der Waals surface area contributed by atoms with Crippen molar-refractivity contribution in [1.82, 2.24) is 34.9 Å². The summed E-state index contributed by atoms with van der Waals surface area (Å²) in [4.78, 5) is 29.2. The molecule has 13 heteroatoms. The maximum absolute atomic E-state index is 14.6. The van der Waals surface area contributed by atoms with Gasteiger partial charge < -0.3 is 10.3 Å². The molecule has 11 nitrogen and oxygen atoms in total. The zero-order valence-electron chi connectivity index (χ0n) is 25.1. The summed E-state index contributed by atoms with van der Waals surface area (Å²) in [6.45, 7) is 5.99. The van der Waals surface area contributed by atoms with Crippen LogP contribution in [0, 0.1) is 11.2 Å². The number of carbonyl (C=O) groups is 1. The Balaban J connectivity index is 1.34. The van der Waals surface area contributed by atoms with Gasteiger partial charge in [-0.2, -0.15) is 5.10 Å². The third-order valence-electron chi connectivity index (χ3n) is 7.06. The minimum atomic E-state index is -3.44. The number of hydrogen-bond donors (Lipinski definition) is 4. The predicted molar refractivity (Wildman–Crippen MR) is 172 cm³/mol. The number of halogens is 1. The normalized spacial score (nSPS) is 12.2. The molecule has 0 fully saturated rings. The highest BCUT2D eigenvalue weighted by Crippen LogP contribution is 2.35. The maximum atomic E-state index is 14.6. The van der Waals surface area contributed by atoms with Crippen molar-refractivity contribution in [2.24, 2.45) is 5.41 Å². The van der Waals surface area contributed by atoms with Gasteiger partial charge in [0.1, 0.15) is 17.2 Å². The molecule has 6 rings (SSSR count). The van der Waals surface area contributed by atoms with Crippen molar-refractivity contribution in [2.45, 2.75) is 33.7 Å². The Morgan fingerprint density at radius 2 is 1.73 bits per heavy atom. The predicted octanol–water partition coefficient (Wildman–Crippen LogP) is 5.79. The van der Waals surface area contributed by atoms with Gasteiger partial charge >= 0.3 is 0 Å². The monoisotopic (exact) mass is 626 g/mol. The molecule has 0 bridgehead atoms. The van der Waals surface area contributed by atoms with Crippen molar-refractivity contribution in [3.8, 4) is 33.6 Å². The number of sulfonamides is 1. The molecule has 0 unspecified atom stereocenters. The molecular weight excluding hydrogens is 595 g/mol. The van der Waals surface area contributed by atoms with E-state index in [-0.39, 0.29) is 17.9 Å². The van der Waals surface area contributed by atoms with Crippen LogP contribution in [0.5, 0.6) is 0 Å². The molecule has 5 heterocycles. The van der Waals surface area contributed by atoms with Crippen molar-refractivity contribution in [3.05, 3.63) is 78.6 Å². The minimum Gasteiger partial charge on any atom is -0.338 e. The van der Waals surface area contributed by atoms with Crippen LogP contribution in [-0.4, -0.2) is 50.7 Å². The van der Waals surface area contributed by atoms with E-state index in [1.54, 1.807) is 36.9 Å². The van der Waals surface area contributed by atoms with Crippen LogP contribution in [0.2, 0.25) is 0 Å². The second kappa shape index (κ2) is 11.5. The summed E-state index contributed by atoms with van der Waals surface area (Å²) in [5.74, 6) is -0.568. The van der Waals surface area contributed by atoms with Crippen LogP contribution < -0.4 is 10.0 Å². The fraction of sp³-hybridized carbons (Fsp3) is 0.219. The average molecular weight is 627 g/mol. The summed E-state index contributed by atoms with van der Waals surface area (Å²) in [7, 11) is -3.44. The summed E-state index contributed by atoms with van der Waals surface area (Å²) in [6.07, 6.45) is 8.09. The summed E-state index contributed by atoms with van der Waals surface area (Å²) < 4.78 is 40.2. The molecule has 1 aromatic carbocycles. The molecule has 0 saturated heterocycles. The zero-order valence-corrected chi connectivity index (χ0v) is 25.9. The van der Waals surface area contributed by atoms with E-state index in [4.69, 9.17) is 0 Å². The van der Waals surface area contributed by atoms with Crippen LogP contribution in [0.1, 0.15) is 32.8 Å². The zero-order chi connectivity index (χ0) is 31.9. The molecule has 0 aliphatic heterocycles. The van der Waals surface area contributed by atoms with Gasteiger partial charge in [-0.15, -0.1) is 0 Å². The van der Waals surface area contributed by atoms with Crippen molar-refractivity contribution in [2.75, 3.05) is 11.6 Å². The van der Waals surface area contributed by atoms with Crippen LogP contribution in [0.25, 0.3) is 55.7 Å². The smallest absolute Gasteiger partial charge is 0.224 e. The van der Waals surface area contributed by atoms with Gasteiger partial charge in [-0.3, -0.25) is 14.9 Å². The molecule has 0 saturated carbocycles. The lowest BCUT2D eigenvalue weighted by atomic mass is 9.92. The highest BCUT2D eigenvalue weighted by atomic mass is 32.2.